The zero-order valence-electron chi connectivity index (χ0n) is 13.4. The van der Waals surface area contributed by atoms with E-state index in [0.717, 1.165) is 0 Å². The number of sulfonamides is 1. The van der Waals surface area contributed by atoms with E-state index in [1.807, 2.05) is 0 Å². The maximum absolute atomic E-state index is 12.3. The lowest BCUT2D eigenvalue weighted by Gasteiger charge is -2.11. The third-order valence-corrected chi connectivity index (χ3v) is 4.58. The molecule has 0 unspecified atom stereocenters. The summed E-state index contributed by atoms with van der Waals surface area (Å²) in [5.41, 5.74) is 0.763. The van der Waals surface area contributed by atoms with E-state index in [0.29, 0.717) is 25.3 Å². The second kappa shape index (κ2) is 10.6. The molecule has 7 nitrogen and oxygen atoms in total. The van der Waals surface area contributed by atoms with E-state index in [2.05, 4.69) is 14.8 Å². The van der Waals surface area contributed by atoms with Gasteiger partial charge in [0, 0.05) is 26.7 Å². The van der Waals surface area contributed by atoms with Gasteiger partial charge in [0.05, 0.1) is 24.2 Å². The smallest absolute Gasteiger partial charge is 0.337 e. The molecule has 132 valence electrons. The number of aryl methyl sites for hydroxylation is 1. The number of esters is 1. The summed E-state index contributed by atoms with van der Waals surface area (Å²) in [6, 6.07) is 4.44. The van der Waals surface area contributed by atoms with Crippen LogP contribution < -0.4 is 10.0 Å². The number of carbonyl (C=O) groups is 1. The number of nitrogens with one attached hydrogen (secondary N) is 2. The topological polar surface area (TPSA) is 93.7 Å². The van der Waals surface area contributed by atoms with E-state index in [1.165, 1.54) is 19.2 Å². The molecule has 0 amide bonds. The molecule has 1 aromatic rings. The van der Waals surface area contributed by atoms with Crippen LogP contribution in [0.5, 0.6) is 0 Å². The van der Waals surface area contributed by atoms with Gasteiger partial charge in [-0.3, -0.25) is 0 Å². The first-order valence-electron chi connectivity index (χ1n) is 6.80. The van der Waals surface area contributed by atoms with Crippen LogP contribution in [0.4, 0.5) is 0 Å². The first-order valence-corrected chi connectivity index (χ1v) is 8.29. The quantitative estimate of drug-likeness (QED) is 0.494. The van der Waals surface area contributed by atoms with Crippen molar-refractivity contribution in [3.63, 3.8) is 0 Å². The molecule has 0 heterocycles. The Bertz CT molecular complexity index is 607. The Morgan fingerprint density at radius 3 is 2.48 bits per heavy atom. The number of ether oxygens (including phenoxy) is 2. The van der Waals surface area contributed by atoms with Gasteiger partial charge in [-0.2, -0.15) is 0 Å². The van der Waals surface area contributed by atoms with Gasteiger partial charge in [-0.15, -0.1) is 12.4 Å². The van der Waals surface area contributed by atoms with E-state index in [-0.39, 0.29) is 29.4 Å². The second-order valence-electron chi connectivity index (χ2n) is 4.61. The summed E-state index contributed by atoms with van der Waals surface area (Å²) in [7, 11) is -0.828. The number of hydrogen-bond acceptors (Lipinski definition) is 6. The molecule has 1 aromatic carbocycles. The molecule has 0 spiro atoms. The molecule has 0 saturated heterocycles. The van der Waals surface area contributed by atoms with Gasteiger partial charge in [-0.05, 0) is 24.6 Å². The molecule has 0 saturated carbocycles. The van der Waals surface area contributed by atoms with Gasteiger partial charge in [-0.25, -0.2) is 17.9 Å². The first kappa shape index (κ1) is 21.8. The average Bonchev–Trinajstić information content (AvgIpc) is 2.50. The lowest BCUT2D eigenvalue weighted by molar-refractivity contribution is 0.0600. The SMILES string of the molecule is COCCNCCNS(=O)(=O)c1cc(C(=O)OC)ccc1C.Cl. The van der Waals surface area contributed by atoms with E-state index in [4.69, 9.17) is 4.74 Å². The zero-order chi connectivity index (χ0) is 16.6. The molecule has 0 aromatic heterocycles. The Balaban J connectivity index is 0.00000484. The van der Waals surface area contributed by atoms with Crippen molar-refractivity contribution in [2.75, 3.05) is 40.5 Å². The van der Waals surface area contributed by atoms with E-state index < -0.39 is 16.0 Å². The average molecular weight is 367 g/mol. The van der Waals surface area contributed by atoms with E-state index in [9.17, 15) is 13.2 Å². The summed E-state index contributed by atoms with van der Waals surface area (Å²) in [4.78, 5) is 11.6. The molecule has 0 aliphatic rings. The van der Waals surface area contributed by atoms with Gasteiger partial charge in [0.15, 0.2) is 0 Å². The maximum Gasteiger partial charge on any atom is 0.337 e. The minimum atomic E-state index is -3.68. The highest BCUT2D eigenvalue weighted by Crippen LogP contribution is 2.17. The number of rotatable bonds is 9. The summed E-state index contributed by atoms with van der Waals surface area (Å²) < 4.78 is 36.6. The fourth-order valence-electron chi connectivity index (χ4n) is 1.79. The molecule has 2 N–H and O–H groups in total. The normalized spacial score (nSPS) is 10.9. The summed E-state index contributed by atoms with van der Waals surface area (Å²) in [5.74, 6) is -0.572. The summed E-state index contributed by atoms with van der Waals surface area (Å²) in [6.45, 7) is 3.61. The Morgan fingerprint density at radius 1 is 1.17 bits per heavy atom. The fourth-order valence-corrected chi connectivity index (χ4v) is 3.09. The monoisotopic (exact) mass is 366 g/mol. The Morgan fingerprint density at radius 2 is 1.87 bits per heavy atom. The molecule has 0 atom stereocenters. The number of hydrogen-bond donors (Lipinski definition) is 2. The van der Waals surface area contributed by atoms with Crippen LogP contribution >= 0.6 is 12.4 Å². The van der Waals surface area contributed by atoms with E-state index >= 15 is 0 Å². The predicted octanol–water partition coefficient (Wildman–Crippen LogP) is 0.718. The van der Waals surface area contributed by atoms with Crippen molar-refractivity contribution >= 4 is 28.4 Å². The molecule has 23 heavy (non-hydrogen) atoms. The molecule has 1 rings (SSSR count). The summed E-state index contributed by atoms with van der Waals surface area (Å²) >= 11 is 0. The predicted molar refractivity (Wildman–Crippen MR) is 89.7 cm³/mol. The van der Waals surface area contributed by atoms with Crippen molar-refractivity contribution in [1.82, 2.24) is 10.0 Å². The van der Waals surface area contributed by atoms with Crippen LogP contribution in [0.2, 0.25) is 0 Å². The van der Waals surface area contributed by atoms with Crippen molar-refractivity contribution in [1.29, 1.82) is 0 Å². The summed E-state index contributed by atoms with van der Waals surface area (Å²) in [6.07, 6.45) is 0. The molecule has 0 aliphatic carbocycles. The maximum atomic E-state index is 12.3. The third-order valence-electron chi connectivity index (χ3n) is 2.98. The number of carbonyl (C=O) groups excluding carboxylic acids is 1. The first-order chi connectivity index (χ1) is 10.4. The number of methoxy groups -OCH3 is 2. The van der Waals surface area contributed by atoms with Crippen LogP contribution in [0.3, 0.4) is 0 Å². The standard InChI is InChI=1S/C14H22N2O5S.ClH/c1-11-4-5-12(14(17)21-3)10-13(11)22(18,19)16-7-6-15-8-9-20-2;/h4-5,10,15-16H,6-9H2,1-3H3;1H. The van der Waals surface area contributed by atoms with Crippen LogP contribution in [-0.4, -0.2) is 54.8 Å². The van der Waals surface area contributed by atoms with Crippen LogP contribution in [0.15, 0.2) is 23.1 Å². The minimum absolute atomic E-state index is 0. The lowest BCUT2D eigenvalue weighted by Crippen LogP contribution is -2.33. The van der Waals surface area contributed by atoms with Gasteiger partial charge in [0.2, 0.25) is 10.0 Å². The van der Waals surface area contributed by atoms with Crippen molar-refractivity contribution < 1.29 is 22.7 Å². The molecular formula is C14H23ClN2O5S. The van der Waals surface area contributed by atoms with Gasteiger partial charge < -0.3 is 14.8 Å². The molecule has 9 heteroatoms. The number of halogens is 1. The minimum Gasteiger partial charge on any atom is -0.465 e. The third kappa shape index (κ3) is 6.84. The number of benzene rings is 1. The van der Waals surface area contributed by atoms with Crippen molar-refractivity contribution in [3.05, 3.63) is 29.3 Å². The van der Waals surface area contributed by atoms with Crippen LogP contribution in [-0.2, 0) is 19.5 Å². The molecule has 0 bridgehead atoms. The Hall–Kier alpha value is -1.19. The Kier molecular flexibility index (Phi) is 10.0. The Labute approximate surface area is 143 Å². The van der Waals surface area contributed by atoms with E-state index in [1.54, 1.807) is 20.1 Å². The van der Waals surface area contributed by atoms with Gasteiger partial charge in [0.25, 0.3) is 0 Å². The van der Waals surface area contributed by atoms with Crippen LogP contribution in [0, 0.1) is 6.92 Å². The molecule has 0 aliphatic heterocycles. The largest absolute Gasteiger partial charge is 0.465 e. The van der Waals surface area contributed by atoms with Gasteiger partial charge in [-0.1, -0.05) is 6.07 Å². The zero-order valence-corrected chi connectivity index (χ0v) is 15.1. The fraction of sp³-hybridized carbons (Fsp3) is 0.500. The van der Waals surface area contributed by atoms with Crippen molar-refractivity contribution in [3.8, 4) is 0 Å². The van der Waals surface area contributed by atoms with Crippen LogP contribution in [0.1, 0.15) is 15.9 Å². The molecular weight excluding hydrogens is 344 g/mol. The highest BCUT2D eigenvalue weighted by Gasteiger charge is 2.18. The van der Waals surface area contributed by atoms with Gasteiger partial charge in [0.1, 0.15) is 0 Å². The second-order valence-corrected chi connectivity index (χ2v) is 6.35. The van der Waals surface area contributed by atoms with Crippen molar-refractivity contribution in [2.45, 2.75) is 11.8 Å². The van der Waals surface area contributed by atoms with Crippen LogP contribution in [0.25, 0.3) is 0 Å². The summed E-state index contributed by atoms with van der Waals surface area (Å²) in [5, 5.41) is 3.04. The molecule has 0 fully saturated rings. The molecule has 0 radical (unpaired) electrons. The van der Waals surface area contributed by atoms with Crippen molar-refractivity contribution in [2.24, 2.45) is 0 Å². The highest BCUT2D eigenvalue weighted by atomic mass is 35.5. The highest BCUT2D eigenvalue weighted by molar-refractivity contribution is 7.89. The lowest BCUT2D eigenvalue weighted by atomic mass is 10.1. The van der Waals surface area contributed by atoms with Gasteiger partial charge >= 0.3 is 5.97 Å².